The standard InChI is InChI=1S/C14H22BrN3O2S/c1-11(16)9-12-10-13(15)3-4-14(12)17-5-7-18(8-6-17)21(2,19)20/h3-4,10-11H,5-9,16H2,1-2H3. The average Bonchev–Trinajstić information content (AvgIpc) is 2.37. The fourth-order valence-corrected chi connectivity index (χ4v) is 3.87. The molecule has 0 bridgehead atoms. The van der Waals surface area contributed by atoms with E-state index in [4.69, 9.17) is 5.73 Å². The van der Waals surface area contributed by atoms with E-state index in [0.717, 1.165) is 16.6 Å². The first kappa shape index (κ1) is 16.7. The van der Waals surface area contributed by atoms with E-state index in [1.165, 1.54) is 16.1 Å². The number of nitrogens with zero attached hydrogens (tertiary/aromatic N) is 2. The number of sulfonamides is 1. The van der Waals surface area contributed by atoms with Gasteiger partial charge < -0.3 is 10.6 Å². The molecule has 0 saturated carbocycles. The third-order valence-corrected chi connectivity index (χ3v) is 5.43. The zero-order valence-corrected chi connectivity index (χ0v) is 14.8. The van der Waals surface area contributed by atoms with Crippen LogP contribution in [0.3, 0.4) is 0 Å². The van der Waals surface area contributed by atoms with E-state index in [9.17, 15) is 8.42 Å². The highest BCUT2D eigenvalue weighted by molar-refractivity contribution is 9.10. The van der Waals surface area contributed by atoms with Crippen LogP contribution in [0.5, 0.6) is 0 Å². The summed E-state index contributed by atoms with van der Waals surface area (Å²) >= 11 is 3.50. The van der Waals surface area contributed by atoms with E-state index in [1.807, 2.05) is 13.0 Å². The molecule has 5 nitrogen and oxygen atoms in total. The van der Waals surface area contributed by atoms with Crippen molar-refractivity contribution in [1.82, 2.24) is 4.31 Å². The molecule has 7 heteroatoms. The zero-order chi connectivity index (χ0) is 15.6. The lowest BCUT2D eigenvalue weighted by Crippen LogP contribution is -2.48. The van der Waals surface area contributed by atoms with E-state index in [2.05, 4.69) is 33.0 Å². The van der Waals surface area contributed by atoms with Gasteiger partial charge >= 0.3 is 0 Å². The Bertz CT molecular complexity index is 596. The Morgan fingerprint density at radius 3 is 2.43 bits per heavy atom. The maximum absolute atomic E-state index is 11.6. The molecule has 1 saturated heterocycles. The Balaban J connectivity index is 2.16. The third kappa shape index (κ3) is 4.42. The molecule has 0 spiro atoms. The predicted molar refractivity (Wildman–Crippen MR) is 90.1 cm³/mol. The summed E-state index contributed by atoms with van der Waals surface area (Å²) in [5, 5.41) is 0. The molecule has 1 aliphatic rings. The molecule has 0 amide bonds. The van der Waals surface area contributed by atoms with Crippen LogP contribution in [0.1, 0.15) is 12.5 Å². The molecule has 2 rings (SSSR count). The van der Waals surface area contributed by atoms with E-state index in [1.54, 1.807) is 0 Å². The lowest BCUT2D eigenvalue weighted by Gasteiger charge is -2.36. The van der Waals surface area contributed by atoms with Gasteiger partial charge in [-0.25, -0.2) is 8.42 Å². The fraction of sp³-hybridized carbons (Fsp3) is 0.571. The van der Waals surface area contributed by atoms with Crippen molar-refractivity contribution >= 4 is 31.6 Å². The van der Waals surface area contributed by atoms with Crippen LogP contribution in [-0.4, -0.2) is 51.2 Å². The molecule has 1 fully saturated rings. The Morgan fingerprint density at radius 1 is 1.29 bits per heavy atom. The van der Waals surface area contributed by atoms with Gasteiger partial charge in [0.15, 0.2) is 0 Å². The van der Waals surface area contributed by atoms with Crippen LogP contribution < -0.4 is 10.6 Å². The van der Waals surface area contributed by atoms with Crippen molar-refractivity contribution in [2.75, 3.05) is 37.3 Å². The normalized spacial score (nSPS) is 18.8. The van der Waals surface area contributed by atoms with Crippen LogP contribution in [0.15, 0.2) is 22.7 Å². The number of hydrogen-bond donors (Lipinski definition) is 1. The van der Waals surface area contributed by atoms with Gasteiger partial charge in [0.25, 0.3) is 0 Å². The smallest absolute Gasteiger partial charge is 0.211 e. The summed E-state index contributed by atoms with van der Waals surface area (Å²) in [4.78, 5) is 2.24. The Labute approximate surface area is 135 Å². The second-order valence-electron chi connectivity index (χ2n) is 5.60. The lowest BCUT2D eigenvalue weighted by atomic mass is 10.0. The molecule has 1 aromatic carbocycles. The minimum atomic E-state index is -3.09. The average molecular weight is 376 g/mol. The van der Waals surface area contributed by atoms with Gasteiger partial charge in [-0.05, 0) is 37.1 Å². The number of nitrogens with two attached hydrogens (primary N) is 1. The highest BCUT2D eigenvalue weighted by Crippen LogP contribution is 2.27. The van der Waals surface area contributed by atoms with Gasteiger partial charge in [-0.2, -0.15) is 4.31 Å². The van der Waals surface area contributed by atoms with Crippen molar-refractivity contribution in [2.45, 2.75) is 19.4 Å². The topological polar surface area (TPSA) is 66.6 Å². The van der Waals surface area contributed by atoms with Crippen molar-refractivity contribution in [3.8, 4) is 0 Å². The maximum Gasteiger partial charge on any atom is 0.211 e. The van der Waals surface area contributed by atoms with Crippen LogP contribution in [-0.2, 0) is 16.4 Å². The summed E-state index contributed by atoms with van der Waals surface area (Å²) in [5.74, 6) is 0. The molecular weight excluding hydrogens is 354 g/mol. The van der Waals surface area contributed by atoms with Gasteiger partial charge in [0.2, 0.25) is 10.0 Å². The molecule has 118 valence electrons. The van der Waals surface area contributed by atoms with Crippen LogP contribution in [0, 0.1) is 0 Å². The Morgan fingerprint density at radius 2 is 1.90 bits per heavy atom. The first-order valence-electron chi connectivity index (χ1n) is 7.01. The number of anilines is 1. The molecule has 1 aliphatic heterocycles. The van der Waals surface area contributed by atoms with Crippen molar-refractivity contribution in [3.05, 3.63) is 28.2 Å². The summed E-state index contributed by atoms with van der Waals surface area (Å²) in [6, 6.07) is 6.29. The van der Waals surface area contributed by atoms with E-state index in [-0.39, 0.29) is 6.04 Å². The van der Waals surface area contributed by atoms with Gasteiger partial charge in [-0.3, -0.25) is 0 Å². The molecular formula is C14H22BrN3O2S. The Kier molecular flexibility index (Phi) is 5.29. The predicted octanol–water partition coefficient (Wildman–Crippen LogP) is 1.42. The van der Waals surface area contributed by atoms with Crippen LogP contribution in [0.2, 0.25) is 0 Å². The van der Waals surface area contributed by atoms with Crippen LogP contribution in [0.25, 0.3) is 0 Å². The van der Waals surface area contributed by atoms with Gasteiger partial charge in [0, 0.05) is 42.4 Å². The van der Waals surface area contributed by atoms with Gasteiger partial charge in [-0.15, -0.1) is 0 Å². The zero-order valence-electron chi connectivity index (χ0n) is 12.4. The second kappa shape index (κ2) is 6.64. The first-order valence-corrected chi connectivity index (χ1v) is 9.65. The van der Waals surface area contributed by atoms with E-state index >= 15 is 0 Å². The lowest BCUT2D eigenvalue weighted by molar-refractivity contribution is 0.387. The molecule has 0 radical (unpaired) electrons. The molecule has 0 aromatic heterocycles. The SMILES string of the molecule is CC(N)Cc1cc(Br)ccc1N1CCN(S(C)(=O)=O)CC1. The van der Waals surface area contributed by atoms with Crippen LogP contribution in [0.4, 0.5) is 5.69 Å². The maximum atomic E-state index is 11.6. The molecule has 1 atom stereocenters. The van der Waals surface area contributed by atoms with Gasteiger partial charge in [0.05, 0.1) is 6.26 Å². The minimum Gasteiger partial charge on any atom is -0.369 e. The van der Waals surface area contributed by atoms with E-state index in [0.29, 0.717) is 26.2 Å². The molecule has 0 aliphatic carbocycles. The second-order valence-corrected chi connectivity index (χ2v) is 8.50. The fourth-order valence-electron chi connectivity index (χ4n) is 2.63. The highest BCUT2D eigenvalue weighted by Gasteiger charge is 2.24. The number of rotatable bonds is 4. The summed E-state index contributed by atoms with van der Waals surface area (Å²) in [5.41, 5.74) is 8.29. The number of hydrogen-bond acceptors (Lipinski definition) is 4. The molecule has 2 N–H and O–H groups in total. The summed E-state index contributed by atoms with van der Waals surface area (Å²) < 4.78 is 25.7. The van der Waals surface area contributed by atoms with Gasteiger partial charge in [0.1, 0.15) is 0 Å². The highest BCUT2D eigenvalue weighted by atomic mass is 79.9. The first-order chi connectivity index (χ1) is 9.77. The van der Waals surface area contributed by atoms with Crippen LogP contribution >= 0.6 is 15.9 Å². The molecule has 1 heterocycles. The van der Waals surface area contributed by atoms with Crippen molar-refractivity contribution < 1.29 is 8.42 Å². The Hall–Kier alpha value is -0.630. The largest absolute Gasteiger partial charge is 0.369 e. The molecule has 1 unspecified atom stereocenters. The minimum absolute atomic E-state index is 0.0929. The molecule has 21 heavy (non-hydrogen) atoms. The summed E-state index contributed by atoms with van der Waals surface area (Å²) in [6.07, 6.45) is 2.07. The number of halogens is 1. The number of piperazine rings is 1. The molecule has 1 aromatic rings. The van der Waals surface area contributed by atoms with Gasteiger partial charge in [-0.1, -0.05) is 15.9 Å². The van der Waals surface area contributed by atoms with Crippen molar-refractivity contribution in [2.24, 2.45) is 5.73 Å². The monoisotopic (exact) mass is 375 g/mol. The van der Waals surface area contributed by atoms with Crippen molar-refractivity contribution in [3.63, 3.8) is 0 Å². The summed E-state index contributed by atoms with van der Waals surface area (Å²) in [6.45, 7) is 4.48. The third-order valence-electron chi connectivity index (χ3n) is 3.63. The quantitative estimate of drug-likeness (QED) is 0.863. The summed E-state index contributed by atoms with van der Waals surface area (Å²) in [7, 11) is -3.09. The van der Waals surface area contributed by atoms with Crippen molar-refractivity contribution in [1.29, 1.82) is 0 Å². The number of benzene rings is 1. The van der Waals surface area contributed by atoms with E-state index < -0.39 is 10.0 Å².